The van der Waals surface area contributed by atoms with E-state index < -0.39 is 27.8 Å². The number of sulfonamides is 1. The van der Waals surface area contributed by atoms with Crippen LogP contribution in [0.1, 0.15) is 26.3 Å². The van der Waals surface area contributed by atoms with E-state index >= 15 is 0 Å². The fraction of sp³-hybridized carbons (Fsp3) is 0.529. The van der Waals surface area contributed by atoms with Crippen LogP contribution in [0.5, 0.6) is 0 Å². The maximum Gasteiger partial charge on any atom is 0.410 e. The molecule has 0 aromatic heterocycles. The monoisotopic (exact) mass is 383 g/mol. The number of morpholine rings is 1. The Morgan fingerprint density at radius 1 is 1.35 bits per heavy atom. The molecule has 9 heteroatoms. The summed E-state index contributed by atoms with van der Waals surface area (Å²) in [6.07, 6.45) is 0.855. The molecule has 0 radical (unpaired) electrons. The first kappa shape index (κ1) is 20.2. The van der Waals surface area contributed by atoms with Crippen LogP contribution in [0.4, 0.5) is 4.79 Å². The summed E-state index contributed by atoms with van der Waals surface area (Å²) in [5.74, 6) is 0. The third kappa shape index (κ3) is 5.70. The highest BCUT2D eigenvalue weighted by Gasteiger charge is 2.30. The second kappa shape index (κ2) is 8.05. The summed E-state index contributed by atoms with van der Waals surface area (Å²) >= 11 is 0. The van der Waals surface area contributed by atoms with E-state index in [4.69, 9.17) is 9.47 Å². The van der Waals surface area contributed by atoms with E-state index in [1.807, 2.05) is 6.92 Å². The van der Waals surface area contributed by atoms with Crippen molar-refractivity contribution in [3.63, 3.8) is 0 Å². The van der Waals surface area contributed by atoms with Gasteiger partial charge in [-0.1, -0.05) is 17.7 Å². The van der Waals surface area contributed by atoms with E-state index in [0.29, 0.717) is 13.2 Å². The van der Waals surface area contributed by atoms with Crippen LogP contribution >= 0.6 is 0 Å². The SMILES string of the molecule is Cc1ccc(S(=O)(=O)N/N=C\[C@@H]2COCCN2C(=O)OC(C)(C)C)cc1. The highest BCUT2D eigenvalue weighted by molar-refractivity contribution is 7.89. The molecule has 1 aromatic rings. The minimum absolute atomic E-state index is 0.115. The number of benzene rings is 1. The quantitative estimate of drug-likeness (QED) is 0.633. The summed E-state index contributed by atoms with van der Waals surface area (Å²) in [7, 11) is -3.77. The van der Waals surface area contributed by atoms with Gasteiger partial charge in [-0.15, -0.1) is 0 Å². The van der Waals surface area contributed by atoms with Crippen molar-refractivity contribution in [2.45, 2.75) is 44.2 Å². The zero-order valence-electron chi connectivity index (χ0n) is 15.4. The number of amides is 1. The van der Waals surface area contributed by atoms with Crippen molar-refractivity contribution < 1.29 is 22.7 Å². The minimum atomic E-state index is -3.77. The number of nitrogens with one attached hydrogen (secondary N) is 1. The van der Waals surface area contributed by atoms with Crippen molar-refractivity contribution >= 4 is 22.3 Å². The topological polar surface area (TPSA) is 97.3 Å². The van der Waals surface area contributed by atoms with Crippen LogP contribution in [0.15, 0.2) is 34.3 Å². The number of hydrogen-bond acceptors (Lipinski definition) is 6. The van der Waals surface area contributed by atoms with E-state index in [1.54, 1.807) is 32.9 Å². The molecule has 1 aliphatic rings. The Hall–Kier alpha value is -2.13. The fourth-order valence-electron chi connectivity index (χ4n) is 2.25. The number of rotatable bonds is 4. The van der Waals surface area contributed by atoms with Gasteiger partial charge in [0.25, 0.3) is 10.0 Å². The lowest BCUT2D eigenvalue weighted by molar-refractivity contribution is -0.0170. The van der Waals surface area contributed by atoms with Crippen LogP contribution in [0.2, 0.25) is 0 Å². The smallest absolute Gasteiger partial charge is 0.410 e. The van der Waals surface area contributed by atoms with Gasteiger partial charge in [-0.05, 0) is 39.8 Å². The Morgan fingerprint density at radius 2 is 2.00 bits per heavy atom. The zero-order valence-corrected chi connectivity index (χ0v) is 16.2. The van der Waals surface area contributed by atoms with Gasteiger partial charge in [0.05, 0.1) is 30.4 Å². The molecule has 144 valence electrons. The number of aryl methyl sites for hydroxylation is 1. The van der Waals surface area contributed by atoms with Gasteiger partial charge in [0.1, 0.15) is 5.60 Å². The van der Waals surface area contributed by atoms with Crippen LogP contribution in [0.25, 0.3) is 0 Å². The molecule has 0 unspecified atom stereocenters. The standard InChI is InChI=1S/C17H25N3O5S/c1-13-5-7-15(8-6-13)26(22,23)19-18-11-14-12-24-10-9-20(14)16(21)25-17(2,3)4/h5-8,11,14,19H,9-10,12H2,1-4H3/b18-11-/t14-/m1/s1. The van der Waals surface area contributed by atoms with Crippen molar-refractivity contribution in [1.29, 1.82) is 0 Å². The van der Waals surface area contributed by atoms with Crippen LogP contribution < -0.4 is 4.83 Å². The summed E-state index contributed by atoms with van der Waals surface area (Å²) in [6, 6.07) is 5.90. The molecule has 8 nitrogen and oxygen atoms in total. The second-order valence-corrected chi connectivity index (χ2v) is 8.66. The summed E-state index contributed by atoms with van der Waals surface area (Å²) in [6.45, 7) is 8.17. The molecule has 0 spiro atoms. The first-order valence-electron chi connectivity index (χ1n) is 8.27. The summed E-state index contributed by atoms with van der Waals surface area (Å²) in [4.78, 5) is 16.0. The van der Waals surface area contributed by atoms with Gasteiger partial charge in [0.15, 0.2) is 0 Å². The lowest BCUT2D eigenvalue weighted by atomic mass is 10.2. The Morgan fingerprint density at radius 3 is 2.62 bits per heavy atom. The molecule has 2 rings (SSSR count). The average Bonchev–Trinajstić information content (AvgIpc) is 2.54. The van der Waals surface area contributed by atoms with Gasteiger partial charge in [-0.3, -0.25) is 4.90 Å². The molecular weight excluding hydrogens is 358 g/mol. The molecule has 1 saturated heterocycles. The number of hydrogen-bond donors (Lipinski definition) is 1. The maximum absolute atomic E-state index is 12.3. The molecule has 1 fully saturated rings. The molecule has 1 amide bonds. The molecule has 0 bridgehead atoms. The van der Waals surface area contributed by atoms with Crippen molar-refractivity contribution in [2.24, 2.45) is 5.10 Å². The maximum atomic E-state index is 12.3. The fourth-order valence-corrected chi connectivity index (χ4v) is 3.05. The van der Waals surface area contributed by atoms with Crippen LogP contribution in [-0.4, -0.2) is 57.0 Å². The molecule has 1 aromatic carbocycles. The second-order valence-electron chi connectivity index (χ2n) is 7.00. The molecular formula is C17H25N3O5S. The number of carbonyl (C=O) groups excluding carboxylic acids is 1. The van der Waals surface area contributed by atoms with Crippen LogP contribution in [0, 0.1) is 6.92 Å². The first-order chi connectivity index (χ1) is 12.1. The van der Waals surface area contributed by atoms with Crippen LogP contribution in [-0.2, 0) is 19.5 Å². The van der Waals surface area contributed by atoms with Gasteiger partial charge in [0, 0.05) is 6.54 Å². The third-order valence-corrected chi connectivity index (χ3v) is 4.78. The van der Waals surface area contributed by atoms with Crippen molar-refractivity contribution in [3.8, 4) is 0 Å². The van der Waals surface area contributed by atoms with E-state index in [2.05, 4.69) is 9.93 Å². The highest BCUT2D eigenvalue weighted by Crippen LogP contribution is 2.14. The Kier molecular flexibility index (Phi) is 6.25. The van der Waals surface area contributed by atoms with E-state index in [1.165, 1.54) is 23.2 Å². The number of ether oxygens (including phenoxy) is 2. The Labute approximate surface area is 154 Å². The van der Waals surface area contributed by atoms with E-state index in [0.717, 1.165) is 5.56 Å². The molecule has 1 N–H and O–H groups in total. The predicted octanol–water partition coefficient (Wildman–Crippen LogP) is 1.90. The highest BCUT2D eigenvalue weighted by atomic mass is 32.2. The summed E-state index contributed by atoms with van der Waals surface area (Å²) < 4.78 is 35.2. The van der Waals surface area contributed by atoms with Crippen molar-refractivity contribution in [1.82, 2.24) is 9.73 Å². The lowest BCUT2D eigenvalue weighted by Crippen LogP contribution is -2.51. The van der Waals surface area contributed by atoms with Gasteiger partial charge in [-0.2, -0.15) is 13.5 Å². The van der Waals surface area contributed by atoms with E-state index in [-0.39, 0.29) is 11.5 Å². The third-order valence-electron chi connectivity index (χ3n) is 3.54. The van der Waals surface area contributed by atoms with Crippen LogP contribution in [0.3, 0.4) is 0 Å². The Balaban J connectivity index is 2.04. The molecule has 1 aliphatic heterocycles. The van der Waals surface area contributed by atoms with E-state index in [9.17, 15) is 13.2 Å². The normalized spacial score (nSPS) is 18.8. The minimum Gasteiger partial charge on any atom is -0.444 e. The van der Waals surface area contributed by atoms with Gasteiger partial charge < -0.3 is 9.47 Å². The van der Waals surface area contributed by atoms with Gasteiger partial charge in [0.2, 0.25) is 0 Å². The number of nitrogens with zero attached hydrogens (tertiary/aromatic N) is 2. The number of carbonyl (C=O) groups is 1. The van der Waals surface area contributed by atoms with Gasteiger partial charge >= 0.3 is 6.09 Å². The summed E-state index contributed by atoms with van der Waals surface area (Å²) in [5, 5.41) is 3.80. The lowest BCUT2D eigenvalue weighted by Gasteiger charge is -2.34. The molecule has 0 saturated carbocycles. The molecule has 0 aliphatic carbocycles. The average molecular weight is 383 g/mol. The summed E-state index contributed by atoms with van der Waals surface area (Å²) in [5.41, 5.74) is 0.337. The number of hydrazone groups is 1. The zero-order chi connectivity index (χ0) is 19.4. The molecule has 1 heterocycles. The first-order valence-corrected chi connectivity index (χ1v) is 9.76. The largest absolute Gasteiger partial charge is 0.444 e. The Bertz CT molecular complexity index is 754. The van der Waals surface area contributed by atoms with Crippen molar-refractivity contribution in [3.05, 3.63) is 29.8 Å². The van der Waals surface area contributed by atoms with Gasteiger partial charge in [-0.25, -0.2) is 9.63 Å². The molecule has 26 heavy (non-hydrogen) atoms. The molecule has 1 atom stereocenters. The predicted molar refractivity (Wildman–Crippen MR) is 97.5 cm³/mol. The van der Waals surface area contributed by atoms with Crippen molar-refractivity contribution in [2.75, 3.05) is 19.8 Å².